The second-order valence-corrected chi connectivity index (χ2v) is 8.29. The van der Waals surface area contributed by atoms with Crippen LogP contribution in [0.3, 0.4) is 0 Å². The number of hydrogen-bond acceptors (Lipinski definition) is 7. The summed E-state index contributed by atoms with van der Waals surface area (Å²) in [6.45, 7) is 3.64. The first-order valence-electron chi connectivity index (χ1n) is 11.0. The van der Waals surface area contributed by atoms with Crippen LogP contribution in [0.15, 0.2) is 18.9 Å². The van der Waals surface area contributed by atoms with Crippen LogP contribution >= 0.6 is 0 Å². The van der Waals surface area contributed by atoms with E-state index in [2.05, 4.69) is 32.5 Å². The molecule has 4 N–H and O–H groups in total. The van der Waals surface area contributed by atoms with Crippen molar-refractivity contribution < 1.29 is 27.9 Å². The van der Waals surface area contributed by atoms with E-state index in [0.717, 1.165) is 25.1 Å². The summed E-state index contributed by atoms with van der Waals surface area (Å²) in [5, 5.41) is 17.8. The molecule has 1 aliphatic carbocycles. The van der Waals surface area contributed by atoms with Crippen LogP contribution in [-0.2, 0) is 15.8 Å². The summed E-state index contributed by atoms with van der Waals surface area (Å²) < 4.78 is 40.9. The topological polar surface area (TPSA) is 119 Å². The number of likely N-dealkylation sites (tertiary alicyclic amines) is 1. The number of nitrogens with zero attached hydrogens (tertiary/aromatic N) is 3. The fourth-order valence-electron chi connectivity index (χ4n) is 4.27. The van der Waals surface area contributed by atoms with E-state index in [-0.39, 0.29) is 29.8 Å². The Kier molecular flexibility index (Phi) is 8.11. The van der Waals surface area contributed by atoms with Crippen LogP contribution in [0.4, 0.5) is 24.9 Å². The van der Waals surface area contributed by atoms with Crippen molar-refractivity contribution in [3.63, 3.8) is 0 Å². The second-order valence-electron chi connectivity index (χ2n) is 8.29. The van der Waals surface area contributed by atoms with Gasteiger partial charge < -0.3 is 26.0 Å². The van der Waals surface area contributed by atoms with Crippen LogP contribution in [0.5, 0.6) is 0 Å². The molecule has 12 heteroatoms. The number of alkyl halides is 3. The number of carbonyl (C=O) groups is 2. The van der Waals surface area contributed by atoms with Gasteiger partial charge in [0.25, 0.3) is 0 Å². The van der Waals surface area contributed by atoms with E-state index in [1.54, 1.807) is 0 Å². The van der Waals surface area contributed by atoms with E-state index in [1.807, 2.05) is 0 Å². The molecule has 0 spiro atoms. The third-order valence-corrected chi connectivity index (χ3v) is 5.94. The maximum absolute atomic E-state index is 13.6. The monoisotopic (exact) mass is 470 g/mol. The van der Waals surface area contributed by atoms with Crippen LogP contribution in [0.25, 0.3) is 0 Å². The molecule has 0 bridgehead atoms. The molecule has 1 saturated carbocycles. The molecule has 1 aromatic heterocycles. The molecular formula is C21H29F3N6O3. The lowest BCUT2D eigenvalue weighted by atomic mass is 9.90. The van der Waals surface area contributed by atoms with E-state index in [1.165, 1.54) is 4.90 Å². The Morgan fingerprint density at radius 1 is 1.18 bits per heavy atom. The molecule has 9 nitrogen and oxygen atoms in total. The van der Waals surface area contributed by atoms with Crippen LogP contribution < -0.4 is 16.0 Å². The number of piperidine rings is 1. The van der Waals surface area contributed by atoms with Crippen LogP contribution in [0.1, 0.15) is 44.1 Å². The van der Waals surface area contributed by atoms with Crippen molar-refractivity contribution in [2.75, 3.05) is 30.3 Å². The van der Waals surface area contributed by atoms with Gasteiger partial charge in [0.1, 0.15) is 18.0 Å². The number of nitrogens with one attached hydrogen (secondary N) is 3. The number of carbonyl (C=O) groups excluding carboxylic acids is 2. The lowest BCUT2D eigenvalue weighted by Gasteiger charge is -2.34. The molecule has 1 saturated heterocycles. The number of amides is 2. The standard InChI is InChI=1S/C21H29F3N6O3/c1-2-17(32)27-15-7-3-4-8-16(15)28-19-14(21(22,23)24)10-25-20(29-19)26-13-6-5-9-30(11-13)18(33)12-31/h2,10,13,15-16,31H,1,3-9,11-12H2,(H,27,32)(H2,25,26,28,29)/t13?,15-,16-/m1/s1. The Morgan fingerprint density at radius 3 is 2.58 bits per heavy atom. The zero-order valence-electron chi connectivity index (χ0n) is 18.2. The molecule has 1 unspecified atom stereocenters. The van der Waals surface area contributed by atoms with Gasteiger partial charge >= 0.3 is 6.18 Å². The first-order valence-corrected chi connectivity index (χ1v) is 11.0. The van der Waals surface area contributed by atoms with Crippen molar-refractivity contribution in [2.24, 2.45) is 0 Å². The average Bonchev–Trinajstić information content (AvgIpc) is 2.79. The van der Waals surface area contributed by atoms with Gasteiger partial charge in [-0.15, -0.1) is 0 Å². The molecule has 2 heterocycles. The molecule has 2 aliphatic rings. The molecule has 0 aromatic carbocycles. The largest absolute Gasteiger partial charge is 0.421 e. The van der Waals surface area contributed by atoms with Crippen molar-refractivity contribution in [1.82, 2.24) is 20.2 Å². The summed E-state index contributed by atoms with van der Waals surface area (Å²) >= 11 is 0. The van der Waals surface area contributed by atoms with Gasteiger partial charge in [0.2, 0.25) is 17.8 Å². The van der Waals surface area contributed by atoms with E-state index in [9.17, 15) is 22.8 Å². The van der Waals surface area contributed by atoms with Crippen LogP contribution in [0.2, 0.25) is 0 Å². The Balaban J connectivity index is 1.79. The Bertz CT molecular complexity index is 866. The number of halogens is 3. The predicted octanol–water partition coefficient (Wildman–Crippen LogP) is 1.92. The highest BCUT2D eigenvalue weighted by Crippen LogP contribution is 2.35. The third kappa shape index (κ3) is 6.56. The number of aliphatic hydroxyl groups excluding tert-OH is 1. The van der Waals surface area contributed by atoms with Gasteiger partial charge in [-0.25, -0.2) is 4.98 Å². The molecule has 2 fully saturated rings. The molecule has 1 aromatic rings. The lowest BCUT2D eigenvalue weighted by molar-refractivity contribution is -0.137. The molecule has 33 heavy (non-hydrogen) atoms. The smallest absolute Gasteiger partial charge is 0.387 e. The van der Waals surface area contributed by atoms with Crippen molar-refractivity contribution in [3.05, 3.63) is 24.4 Å². The quantitative estimate of drug-likeness (QED) is 0.450. The minimum atomic E-state index is -4.66. The van der Waals surface area contributed by atoms with E-state index >= 15 is 0 Å². The molecule has 2 amide bonds. The van der Waals surface area contributed by atoms with Crippen LogP contribution in [-0.4, -0.2) is 69.6 Å². The van der Waals surface area contributed by atoms with Crippen molar-refractivity contribution in [3.8, 4) is 0 Å². The summed E-state index contributed by atoms with van der Waals surface area (Å²) in [5.41, 5.74) is -0.992. The summed E-state index contributed by atoms with van der Waals surface area (Å²) in [4.78, 5) is 33.0. The van der Waals surface area contributed by atoms with Gasteiger partial charge in [-0.2, -0.15) is 18.2 Å². The van der Waals surface area contributed by atoms with Gasteiger partial charge in [-0.05, 0) is 31.8 Å². The summed E-state index contributed by atoms with van der Waals surface area (Å²) in [6, 6.07) is -1.04. The molecule has 0 radical (unpaired) electrons. The zero-order valence-corrected chi connectivity index (χ0v) is 18.2. The van der Waals surface area contributed by atoms with E-state index in [0.29, 0.717) is 38.8 Å². The Labute approximate surface area is 189 Å². The van der Waals surface area contributed by atoms with E-state index in [4.69, 9.17) is 5.11 Å². The third-order valence-electron chi connectivity index (χ3n) is 5.94. The van der Waals surface area contributed by atoms with Crippen LogP contribution in [0, 0.1) is 0 Å². The van der Waals surface area contributed by atoms with Crippen molar-refractivity contribution in [1.29, 1.82) is 0 Å². The normalized spacial score (nSPS) is 23.5. The minimum absolute atomic E-state index is 0.0104. The highest BCUT2D eigenvalue weighted by atomic mass is 19.4. The van der Waals surface area contributed by atoms with Gasteiger partial charge in [0, 0.05) is 37.4 Å². The number of rotatable bonds is 7. The molecule has 182 valence electrons. The number of aliphatic hydroxyl groups is 1. The van der Waals surface area contributed by atoms with Gasteiger partial charge in [0.15, 0.2) is 0 Å². The van der Waals surface area contributed by atoms with Crippen molar-refractivity contribution >= 4 is 23.6 Å². The lowest BCUT2D eigenvalue weighted by Crippen LogP contribution is -2.48. The first-order chi connectivity index (χ1) is 15.7. The highest BCUT2D eigenvalue weighted by Gasteiger charge is 2.37. The summed E-state index contributed by atoms with van der Waals surface area (Å²) in [5.74, 6) is -1.13. The number of hydrogen-bond donors (Lipinski definition) is 4. The molecule has 3 atom stereocenters. The van der Waals surface area contributed by atoms with Crippen molar-refractivity contribution in [2.45, 2.75) is 62.8 Å². The second kappa shape index (κ2) is 10.8. The average molecular weight is 470 g/mol. The summed E-state index contributed by atoms with van der Waals surface area (Å²) in [6.07, 6.45) is 1.44. The fraction of sp³-hybridized carbons (Fsp3) is 0.619. The van der Waals surface area contributed by atoms with E-state index < -0.39 is 30.3 Å². The van der Waals surface area contributed by atoms with Gasteiger partial charge in [0.05, 0.1) is 0 Å². The maximum atomic E-state index is 13.6. The molecule has 3 rings (SSSR count). The number of aromatic nitrogens is 2. The Morgan fingerprint density at radius 2 is 1.91 bits per heavy atom. The minimum Gasteiger partial charge on any atom is -0.387 e. The maximum Gasteiger partial charge on any atom is 0.421 e. The van der Waals surface area contributed by atoms with Gasteiger partial charge in [-0.1, -0.05) is 19.4 Å². The highest BCUT2D eigenvalue weighted by molar-refractivity contribution is 5.87. The molecular weight excluding hydrogens is 441 g/mol. The Hall–Kier alpha value is -2.89. The molecule has 1 aliphatic heterocycles. The number of anilines is 2. The fourth-order valence-corrected chi connectivity index (χ4v) is 4.27. The summed E-state index contributed by atoms with van der Waals surface area (Å²) in [7, 11) is 0. The van der Waals surface area contributed by atoms with Gasteiger partial charge in [-0.3, -0.25) is 9.59 Å². The zero-order chi connectivity index (χ0) is 24.0. The SMILES string of the molecule is C=CC(=O)N[C@@H]1CCCC[C@H]1Nc1nc(NC2CCCN(C(=O)CO)C2)ncc1C(F)(F)F. The predicted molar refractivity (Wildman–Crippen MR) is 115 cm³/mol. The first kappa shape index (κ1) is 24.7.